The van der Waals surface area contributed by atoms with Crippen LogP contribution in [-0.4, -0.2) is 77.8 Å². The number of aliphatic hydroxyl groups excluding tert-OH is 1. The van der Waals surface area contributed by atoms with Gasteiger partial charge >= 0.3 is 23.9 Å². The Balaban J connectivity index is -0.0000000662. The number of rotatable bonds is 8. The minimum atomic E-state index is -0.532. The lowest BCUT2D eigenvalue weighted by Crippen LogP contribution is -2.32. The van der Waals surface area contributed by atoms with E-state index < -0.39 is 24.3 Å². The molecule has 0 radical (unpaired) electrons. The summed E-state index contributed by atoms with van der Waals surface area (Å²) < 4.78 is 18.5. The third kappa shape index (κ3) is 49.8. The van der Waals surface area contributed by atoms with Crippen LogP contribution in [0, 0.1) is 5.41 Å². The molecule has 0 saturated heterocycles. The van der Waals surface area contributed by atoms with Crippen molar-refractivity contribution in [1.82, 2.24) is 0 Å². The number of aromatic hydroxyl groups is 1. The third-order valence-corrected chi connectivity index (χ3v) is 3.92. The number of para-hydroxylation sites is 1. The Morgan fingerprint density at radius 2 is 1.13 bits per heavy atom. The van der Waals surface area contributed by atoms with E-state index in [0.29, 0.717) is 12.2 Å². The topological polar surface area (TPSA) is 224 Å². The summed E-state index contributed by atoms with van der Waals surface area (Å²) in [5.41, 5.74) is 15.0. The van der Waals surface area contributed by atoms with Crippen LogP contribution in [0.5, 0.6) is 5.75 Å². The molecule has 0 heterocycles. The summed E-state index contributed by atoms with van der Waals surface area (Å²) in [6.45, 7) is 18.8. The van der Waals surface area contributed by atoms with Crippen molar-refractivity contribution in [2.45, 2.75) is 143 Å². The van der Waals surface area contributed by atoms with Crippen molar-refractivity contribution < 1.29 is 48.3 Å². The number of esters is 4. The molecule has 0 saturated carbocycles. The fraction of sp³-hybridized carbons (Fsp3) is 0.706. The van der Waals surface area contributed by atoms with Gasteiger partial charge in [0.15, 0.2) is 6.79 Å². The number of hydrogen-bond donors (Lipinski definition) is 5. The molecule has 2 atom stereocenters. The van der Waals surface area contributed by atoms with Gasteiger partial charge in [-0.3, -0.25) is 19.2 Å². The van der Waals surface area contributed by atoms with Gasteiger partial charge in [0.05, 0.1) is 30.3 Å². The number of aliphatic hydroxyl groups is 1. The van der Waals surface area contributed by atoms with Crippen LogP contribution < -0.4 is 17.2 Å². The summed E-state index contributed by atoms with van der Waals surface area (Å²) in [4.78, 5) is 42.4. The molecule has 0 aliphatic rings. The zero-order valence-corrected chi connectivity index (χ0v) is 27.8. The lowest BCUT2D eigenvalue weighted by Gasteiger charge is -2.14. The van der Waals surface area contributed by atoms with E-state index in [1.807, 2.05) is 13.0 Å². The van der Waals surface area contributed by atoms with Crippen LogP contribution in [0.1, 0.15) is 112 Å². The van der Waals surface area contributed by atoms with Crippen LogP contribution in [0.25, 0.3) is 0 Å². The second-order valence-corrected chi connectivity index (χ2v) is 10.7. The summed E-state index contributed by atoms with van der Waals surface area (Å²) in [6.07, 6.45) is 0.450. The number of phenolic OH excluding ortho intramolecular Hbond substituents is 1. The lowest BCUT2D eigenvalue weighted by molar-refractivity contribution is -0.161. The fourth-order valence-electron chi connectivity index (χ4n) is 1.84. The molecular formula is C34H73N3O10. The van der Waals surface area contributed by atoms with E-state index in [0.717, 1.165) is 0 Å². The van der Waals surface area contributed by atoms with Gasteiger partial charge in [-0.2, -0.15) is 0 Å². The number of nitrogens with two attached hydrogens (primary N) is 3. The molecule has 0 spiro atoms. The lowest BCUT2D eigenvalue weighted by atomic mass is 9.98. The number of hydrogen-bond acceptors (Lipinski definition) is 13. The SMILES string of the molecule is C.C.C.C.CC(C)(C)C(=O)OCO.CC(C)OC(=O)C(C)N.CC(C)OC(=O)CN.CCC(N)C(=O)OC(C)C.Oc1ccccc1. The molecule has 284 valence electrons. The van der Waals surface area contributed by atoms with Crippen LogP contribution in [0.15, 0.2) is 30.3 Å². The molecule has 8 N–H and O–H groups in total. The predicted molar refractivity (Wildman–Crippen MR) is 192 cm³/mol. The molecule has 1 aromatic rings. The van der Waals surface area contributed by atoms with Crippen molar-refractivity contribution in [2.24, 2.45) is 22.6 Å². The molecule has 0 bridgehead atoms. The summed E-state index contributed by atoms with van der Waals surface area (Å²) >= 11 is 0. The van der Waals surface area contributed by atoms with Gasteiger partial charge in [0, 0.05) is 0 Å². The summed E-state index contributed by atoms with van der Waals surface area (Å²) in [5.74, 6) is -1.06. The van der Waals surface area contributed by atoms with Crippen molar-refractivity contribution in [1.29, 1.82) is 0 Å². The number of benzene rings is 1. The molecule has 1 rings (SSSR count). The van der Waals surface area contributed by atoms with Gasteiger partial charge in [-0.1, -0.05) is 54.8 Å². The molecule has 0 amide bonds. The summed E-state index contributed by atoms with van der Waals surface area (Å²) in [5, 5.41) is 16.8. The maximum Gasteiger partial charge on any atom is 0.323 e. The first-order valence-corrected chi connectivity index (χ1v) is 14.0. The van der Waals surface area contributed by atoms with Crippen molar-refractivity contribution in [3.8, 4) is 5.75 Å². The van der Waals surface area contributed by atoms with Gasteiger partial charge in [0.25, 0.3) is 0 Å². The molecule has 47 heavy (non-hydrogen) atoms. The molecular weight excluding hydrogens is 610 g/mol. The van der Waals surface area contributed by atoms with E-state index >= 15 is 0 Å². The number of carbonyl (C=O) groups excluding carboxylic acids is 4. The largest absolute Gasteiger partial charge is 0.508 e. The second kappa shape index (κ2) is 37.2. The molecule has 0 aliphatic heterocycles. The second-order valence-electron chi connectivity index (χ2n) is 10.7. The Morgan fingerprint density at radius 1 is 0.745 bits per heavy atom. The van der Waals surface area contributed by atoms with Crippen molar-refractivity contribution in [3.05, 3.63) is 30.3 Å². The van der Waals surface area contributed by atoms with E-state index in [9.17, 15) is 19.2 Å². The number of ether oxygens (including phenoxy) is 4. The van der Waals surface area contributed by atoms with Gasteiger partial charge in [0.2, 0.25) is 0 Å². The molecule has 13 nitrogen and oxygen atoms in total. The highest BCUT2D eigenvalue weighted by Gasteiger charge is 2.22. The summed E-state index contributed by atoms with van der Waals surface area (Å²) in [6, 6.07) is 7.75. The smallest absolute Gasteiger partial charge is 0.323 e. The van der Waals surface area contributed by atoms with Gasteiger partial charge in [0.1, 0.15) is 17.8 Å². The monoisotopic (exact) mass is 684 g/mol. The van der Waals surface area contributed by atoms with Crippen molar-refractivity contribution in [3.63, 3.8) is 0 Å². The molecule has 1 aromatic carbocycles. The highest BCUT2D eigenvalue weighted by atomic mass is 16.6. The van der Waals surface area contributed by atoms with Crippen LogP contribution in [-0.2, 0) is 38.1 Å². The number of carbonyl (C=O) groups is 4. The quantitative estimate of drug-likeness (QED) is 0.133. The molecule has 0 fully saturated rings. The Morgan fingerprint density at radius 3 is 1.30 bits per heavy atom. The van der Waals surface area contributed by atoms with Crippen LogP contribution in [0.4, 0.5) is 0 Å². The first-order valence-electron chi connectivity index (χ1n) is 14.0. The molecule has 13 heteroatoms. The zero-order chi connectivity index (χ0) is 34.8. The highest BCUT2D eigenvalue weighted by molar-refractivity contribution is 5.76. The minimum Gasteiger partial charge on any atom is -0.508 e. The van der Waals surface area contributed by atoms with E-state index in [2.05, 4.69) is 9.47 Å². The van der Waals surface area contributed by atoms with Gasteiger partial charge in [-0.15, -0.1) is 0 Å². The van der Waals surface area contributed by atoms with Crippen molar-refractivity contribution in [2.75, 3.05) is 13.3 Å². The minimum absolute atomic E-state index is 0. The maximum atomic E-state index is 10.8. The average molecular weight is 684 g/mol. The van der Waals surface area contributed by atoms with Crippen LogP contribution in [0.2, 0.25) is 0 Å². The van der Waals surface area contributed by atoms with Gasteiger partial charge < -0.3 is 46.4 Å². The van der Waals surface area contributed by atoms with Crippen molar-refractivity contribution >= 4 is 23.9 Å². The molecule has 0 aliphatic carbocycles. The zero-order valence-electron chi connectivity index (χ0n) is 27.8. The maximum absolute atomic E-state index is 10.8. The van der Waals surface area contributed by atoms with E-state index in [1.165, 1.54) is 0 Å². The summed E-state index contributed by atoms with van der Waals surface area (Å²) in [7, 11) is 0. The first kappa shape index (κ1) is 62.6. The molecule has 2 unspecified atom stereocenters. The Kier molecular flexibility index (Phi) is 49.5. The third-order valence-electron chi connectivity index (χ3n) is 3.92. The predicted octanol–water partition coefficient (Wildman–Crippen LogP) is 5.32. The normalized spacial score (nSPS) is 10.4. The average Bonchev–Trinajstić information content (AvgIpc) is 2.88. The van der Waals surface area contributed by atoms with Crippen LogP contribution >= 0.6 is 0 Å². The van der Waals surface area contributed by atoms with Gasteiger partial charge in [-0.05, 0) is 87.8 Å². The van der Waals surface area contributed by atoms with Crippen LogP contribution in [0.3, 0.4) is 0 Å². The Hall–Kier alpha value is -3.26. The highest BCUT2D eigenvalue weighted by Crippen LogP contribution is 2.14. The Labute approximate surface area is 286 Å². The Bertz CT molecular complexity index is 857. The van der Waals surface area contributed by atoms with E-state index in [-0.39, 0.29) is 78.4 Å². The fourth-order valence-corrected chi connectivity index (χ4v) is 1.84. The number of phenols is 1. The molecule has 0 aromatic heterocycles. The van der Waals surface area contributed by atoms with E-state index in [4.69, 9.17) is 36.9 Å². The first-order chi connectivity index (χ1) is 19.7. The van der Waals surface area contributed by atoms with Gasteiger partial charge in [-0.25, -0.2) is 0 Å². The standard InChI is InChI=1S/C7H15NO2.C6H13NO2.C6H12O3.C6H6O.C5H11NO2.4CH4/c1-4-6(8)7(9)10-5(2)3;1-4(2)9-6(8)5(3)7;1-6(2,3)5(8)9-4-7;7-6-4-2-1-3-5-6;1-4(2)8-5(7)3-6;;;;/h5-6H,4,8H2,1-3H3;4-5H,7H2,1-3H3;7H,4H2,1-3H3;1-5,7H;4H,3,6H2,1-2H3;4*1H4. The van der Waals surface area contributed by atoms with E-state index in [1.54, 1.807) is 93.5 Å².